The number of hydrazine groups is 1. The number of hydrogen-bond donors (Lipinski definition) is 4. The Morgan fingerprint density at radius 1 is 0.931 bits per heavy atom. The molecule has 0 radical (unpaired) electrons. The van der Waals surface area contributed by atoms with Gasteiger partial charge >= 0.3 is 0 Å². The predicted octanol–water partition coefficient (Wildman–Crippen LogP) is 1.05. The molecule has 0 spiro atoms. The van der Waals surface area contributed by atoms with Crippen LogP contribution in [-0.2, 0) is 10.0 Å². The lowest BCUT2D eigenvalue weighted by Crippen LogP contribution is -2.41. The van der Waals surface area contributed by atoms with Crippen LogP contribution in [0, 0.1) is 0 Å². The number of phenols is 1. The third kappa shape index (κ3) is 3.30. The molecule has 0 saturated heterocycles. The second-order valence-corrected chi connectivity index (χ2v) is 7.95. The van der Waals surface area contributed by atoms with Crippen LogP contribution in [0.25, 0.3) is 10.8 Å². The summed E-state index contributed by atoms with van der Waals surface area (Å²) in [6.07, 6.45) is 0. The van der Waals surface area contributed by atoms with E-state index in [1.807, 2.05) is 4.83 Å². The first-order chi connectivity index (χ1) is 13.8. The molecule has 1 aliphatic rings. The quantitative estimate of drug-likeness (QED) is 0.374. The van der Waals surface area contributed by atoms with Crippen molar-refractivity contribution >= 4 is 38.5 Å². The highest BCUT2D eigenvalue weighted by Gasteiger charge is 2.27. The molecule has 29 heavy (non-hydrogen) atoms. The number of hydrogen-bond acceptors (Lipinski definition) is 6. The average Bonchev–Trinajstić information content (AvgIpc) is 2.70. The van der Waals surface area contributed by atoms with Crippen molar-refractivity contribution in [1.82, 2.24) is 15.6 Å². The van der Waals surface area contributed by atoms with E-state index in [1.54, 1.807) is 12.1 Å². The zero-order chi connectivity index (χ0) is 20.8. The van der Waals surface area contributed by atoms with Crippen molar-refractivity contribution in [2.75, 3.05) is 0 Å². The molecule has 0 aromatic heterocycles. The number of benzene rings is 3. The van der Waals surface area contributed by atoms with Crippen LogP contribution in [0.3, 0.4) is 0 Å². The maximum atomic E-state index is 12.6. The topological polar surface area (TPSA) is 142 Å². The molecule has 0 unspecified atom stereocenters. The van der Waals surface area contributed by atoms with Gasteiger partial charge in [0.15, 0.2) is 0 Å². The number of amides is 3. The van der Waals surface area contributed by atoms with Crippen LogP contribution >= 0.6 is 0 Å². The second-order valence-electron chi connectivity index (χ2n) is 6.26. The molecule has 4 rings (SSSR count). The molecular formula is C19H13N3O6S. The molecule has 0 fully saturated rings. The van der Waals surface area contributed by atoms with Gasteiger partial charge in [0, 0.05) is 22.1 Å². The summed E-state index contributed by atoms with van der Waals surface area (Å²) >= 11 is 0. The Hall–Kier alpha value is -3.76. The van der Waals surface area contributed by atoms with E-state index < -0.39 is 27.7 Å². The van der Waals surface area contributed by atoms with Crippen LogP contribution in [0.2, 0.25) is 0 Å². The van der Waals surface area contributed by atoms with Gasteiger partial charge in [0.05, 0.1) is 4.90 Å². The summed E-state index contributed by atoms with van der Waals surface area (Å²) in [6.45, 7) is 0. The Labute approximate surface area is 164 Å². The van der Waals surface area contributed by atoms with Crippen molar-refractivity contribution in [2.45, 2.75) is 4.90 Å². The third-order valence-electron chi connectivity index (χ3n) is 4.41. The Balaban J connectivity index is 1.67. The molecule has 3 amide bonds. The minimum atomic E-state index is -4.22. The Bertz CT molecular complexity index is 1300. The summed E-state index contributed by atoms with van der Waals surface area (Å²) in [5.74, 6) is -2.03. The minimum absolute atomic E-state index is 0.0385. The number of nitrogens with one attached hydrogen (secondary N) is 3. The second kappa shape index (κ2) is 6.69. The molecular weight excluding hydrogens is 398 g/mol. The summed E-state index contributed by atoms with van der Waals surface area (Å²) in [5, 5.41) is 12.2. The molecule has 0 aliphatic carbocycles. The van der Waals surface area contributed by atoms with Gasteiger partial charge in [-0.05, 0) is 47.9 Å². The number of imide groups is 1. The van der Waals surface area contributed by atoms with Crippen molar-refractivity contribution < 1.29 is 27.9 Å². The summed E-state index contributed by atoms with van der Waals surface area (Å²) < 4.78 is 25.3. The third-order valence-corrected chi connectivity index (χ3v) is 5.63. The Morgan fingerprint density at radius 2 is 1.62 bits per heavy atom. The van der Waals surface area contributed by atoms with Gasteiger partial charge < -0.3 is 5.11 Å². The van der Waals surface area contributed by atoms with Crippen LogP contribution < -0.4 is 15.6 Å². The van der Waals surface area contributed by atoms with Gasteiger partial charge in [-0.15, -0.1) is 4.83 Å². The van der Waals surface area contributed by atoms with E-state index in [0.717, 1.165) is 6.07 Å². The summed E-state index contributed by atoms with van der Waals surface area (Å²) in [6, 6.07) is 12.4. The average molecular weight is 411 g/mol. The van der Waals surface area contributed by atoms with Gasteiger partial charge in [-0.25, -0.2) is 8.42 Å². The monoisotopic (exact) mass is 411 g/mol. The van der Waals surface area contributed by atoms with Gasteiger partial charge in [0.2, 0.25) is 0 Å². The molecule has 9 nitrogen and oxygen atoms in total. The molecule has 1 heterocycles. The zero-order valence-corrected chi connectivity index (χ0v) is 15.4. The number of aromatic hydroxyl groups is 1. The van der Waals surface area contributed by atoms with Crippen molar-refractivity contribution in [3.05, 3.63) is 71.3 Å². The lowest BCUT2D eigenvalue weighted by molar-refractivity contribution is 0.0843. The summed E-state index contributed by atoms with van der Waals surface area (Å²) in [5.41, 5.74) is 2.52. The molecule has 3 aromatic carbocycles. The number of carbonyl (C=O) groups is 3. The number of carbonyl (C=O) groups excluding carboxylic acids is 3. The first-order valence-electron chi connectivity index (χ1n) is 8.30. The maximum Gasteiger partial charge on any atom is 0.266 e. The van der Waals surface area contributed by atoms with E-state index in [9.17, 15) is 27.9 Å². The maximum absolute atomic E-state index is 12.6. The van der Waals surface area contributed by atoms with Gasteiger partial charge in [-0.3, -0.25) is 25.1 Å². The van der Waals surface area contributed by atoms with Crippen molar-refractivity contribution in [1.29, 1.82) is 0 Å². The SMILES string of the molecule is O=C(NNS(=O)(=O)c1cc2c3c(cccc3c1)C(=O)NC2=O)c1ccc(O)cc1. The number of sulfonamides is 1. The standard InChI is InChI=1S/C19H13N3O6S/c23-12-6-4-10(5-7-12)17(24)21-22-29(27,28)13-8-11-2-1-3-14-16(11)15(9-13)19(26)20-18(14)25/h1-9,22-23H,(H,21,24)(H,20,25,26). The zero-order valence-electron chi connectivity index (χ0n) is 14.6. The smallest absolute Gasteiger partial charge is 0.266 e. The predicted molar refractivity (Wildman–Crippen MR) is 102 cm³/mol. The summed E-state index contributed by atoms with van der Waals surface area (Å²) in [7, 11) is -4.22. The van der Waals surface area contributed by atoms with Crippen LogP contribution in [0.15, 0.2) is 59.5 Å². The molecule has 3 aromatic rings. The van der Waals surface area contributed by atoms with Crippen molar-refractivity contribution in [3.8, 4) is 5.75 Å². The van der Waals surface area contributed by atoms with Crippen LogP contribution in [0.1, 0.15) is 31.1 Å². The molecule has 1 aliphatic heterocycles. The number of phenolic OH excluding ortho intramolecular Hbond substituents is 1. The first-order valence-corrected chi connectivity index (χ1v) is 9.78. The molecule has 0 bridgehead atoms. The summed E-state index contributed by atoms with van der Waals surface area (Å²) in [4.78, 5) is 38.0. The lowest BCUT2D eigenvalue weighted by atomic mass is 9.95. The van der Waals surface area contributed by atoms with Crippen LogP contribution in [0.4, 0.5) is 0 Å². The van der Waals surface area contributed by atoms with E-state index in [1.165, 1.54) is 36.4 Å². The normalized spacial score (nSPS) is 13.2. The van der Waals surface area contributed by atoms with E-state index in [4.69, 9.17) is 0 Å². The van der Waals surface area contributed by atoms with E-state index in [2.05, 4.69) is 10.7 Å². The fourth-order valence-corrected chi connectivity index (χ4v) is 3.92. The fraction of sp³-hybridized carbons (Fsp3) is 0. The molecule has 146 valence electrons. The van der Waals surface area contributed by atoms with Crippen LogP contribution in [-0.4, -0.2) is 31.2 Å². The van der Waals surface area contributed by atoms with E-state index in [-0.39, 0.29) is 27.3 Å². The highest BCUT2D eigenvalue weighted by molar-refractivity contribution is 7.89. The molecule has 10 heteroatoms. The van der Waals surface area contributed by atoms with Gasteiger partial charge in [-0.1, -0.05) is 12.1 Å². The molecule has 0 atom stereocenters. The first kappa shape index (κ1) is 18.6. The number of rotatable bonds is 4. The molecule has 0 saturated carbocycles. The van der Waals surface area contributed by atoms with Gasteiger partial charge in [0.25, 0.3) is 27.7 Å². The Morgan fingerprint density at radius 3 is 2.34 bits per heavy atom. The van der Waals surface area contributed by atoms with Crippen molar-refractivity contribution in [2.24, 2.45) is 0 Å². The van der Waals surface area contributed by atoms with Crippen molar-refractivity contribution in [3.63, 3.8) is 0 Å². The molecule has 4 N–H and O–H groups in total. The highest BCUT2D eigenvalue weighted by atomic mass is 32.2. The van der Waals surface area contributed by atoms with Crippen LogP contribution in [0.5, 0.6) is 5.75 Å². The Kier molecular flexibility index (Phi) is 4.29. The van der Waals surface area contributed by atoms with E-state index >= 15 is 0 Å². The highest BCUT2D eigenvalue weighted by Crippen LogP contribution is 2.29. The largest absolute Gasteiger partial charge is 0.508 e. The van der Waals surface area contributed by atoms with Gasteiger partial charge in [0.1, 0.15) is 5.75 Å². The lowest BCUT2D eigenvalue weighted by Gasteiger charge is -2.18. The van der Waals surface area contributed by atoms with Gasteiger partial charge in [-0.2, -0.15) is 0 Å². The van der Waals surface area contributed by atoms with E-state index in [0.29, 0.717) is 10.8 Å². The minimum Gasteiger partial charge on any atom is -0.508 e. The fourth-order valence-electron chi connectivity index (χ4n) is 3.02.